The third-order valence-corrected chi connectivity index (χ3v) is 6.08. The lowest BCUT2D eigenvalue weighted by molar-refractivity contribution is -0.133. The molecule has 156 valence electrons. The van der Waals surface area contributed by atoms with Gasteiger partial charge in [-0.3, -0.25) is 9.69 Å². The van der Waals surface area contributed by atoms with Gasteiger partial charge in [0.1, 0.15) is 0 Å². The molecule has 0 aliphatic carbocycles. The maximum atomic E-state index is 12.6. The van der Waals surface area contributed by atoms with Gasteiger partial charge in [-0.25, -0.2) is 0 Å². The van der Waals surface area contributed by atoms with E-state index in [1.165, 1.54) is 0 Å². The van der Waals surface area contributed by atoms with Crippen LogP contribution in [0.1, 0.15) is 17.9 Å². The van der Waals surface area contributed by atoms with E-state index >= 15 is 0 Å². The number of piperazine rings is 1. The van der Waals surface area contributed by atoms with Gasteiger partial charge in [-0.15, -0.1) is 0 Å². The topological polar surface area (TPSA) is 80.9 Å². The first-order valence-corrected chi connectivity index (χ1v) is 10.9. The Morgan fingerprint density at radius 2 is 1.97 bits per heavy atom. The second-order valence-electron chi connectivity index (χ2n) is 7.37. The van der Waals surface area contributed by atoms with Crippen LogP contribution in [0.4, 0.5) is 0 Å². The summed E-state index contributed by atoms with van der Waals surface area (Å²) in [4.78, 5) is 21.3. The van der Waals surface area contributed by atoms with Crippen molar-refractivity contribution in [3.05, 3.63) is 46.5 Å². The van der Waals surface area contributed by atoms with Gasteiger partial charge >= 0.3 is 0 Å². The third-order valence-electron chi connectivity index (χ3n) is 5.40. The molecule has 0 bridgehead atoms. The number of carbonyl (C=O) groups is 1. The second kappa shape index (κ2) is 8.45. The van der Waals surface area contributed by atoms with Crippen molar-refractivity contribution in [2.45, 2.75) is 19.4 Å². The van der Waals surface area contributed by atoms with Gasteiger partial charge in [-0.2, -0.15) is 16.3 Å². The summed E-state index contributed by atoms with van der Waals surface area (Å²) in [5.41, 5.74) is 2.07. The van der Waals surface area contributed by atoms with Crippen molar-refractivity contribution in [2.24, 2.45) is 0 Å². The molecule has 0 atom stereocenters. The van der Waals surface area contributed by atoms with Crippen LogP contribution in [0.5, 0.6) is 11.5 Å². The van der Waals surface area contributed by atoms with Gasteiger partial charge in [0.2, 0.25) is 24.4 Å². The normalized spacial score (nSPS) is 16.2. The molecule has 1 fully saturated rings. The molecule has 2 aliphatic rings. The monoisotopic (exact) mass is 426 g/mol. The quantitative estimate of drug-likeness (QED) is 0.600. The molecule has 2 aromatic heterocycles. The van der Waals surface area contributed by atoms with Crippen LogP contribution in [0.15, 0.2) is 39.5 Å². The minimum absolute atomic E-state index is 0.185. The Hall–Kier alpha value is -2.91. The first-order valence-electron chi connectivity index (χ1n) is 9.98. The highest BCUT2D eigenvalue weighted by molar-refractivity contribution is 7.08. The van der Waals surface area contributed by atoms with Crippen LogP contribution in [0, 0.1) is 0 Å². The molecule has 0 saturated carbocycles. The summed E-state index contributed by atoms with van der Waals surface area (Å²) in [5.74, 6) is 2.95. The van der Waals surface area contributed by atoms with Crippen LogP contribution in [-0.4, -0.2) is 58.8 Å². The molecule has 0 N–H and O–H groups in total. The zero-order chi connectivity index (χ0) is 20.3. The van der Waals surface area contributed by atoms with Crippen LogP contribution in [0.25, 0.3) is 11.4 Å². The summed E-state index contributed by atoms with van der Waals surface area (Å²) in [6.07, 6.45) is 1.19. The molecule has 8 nitrogen and oxygen atoms in total. The lowest BCUT2D eigenvalue weighted by Gasteiger charge is -2.34. The molecule has 1 aromatic carbocycles. The molecule has 9 heteroatoms. The lowest BCUT2D eigenvalue weighted by atomic mass is 10.1. The predicted molar refractivity (Wildman–Crippen MR) is 110 cm³/mol. The van der Waals surface area contributed by atoms with Gasteiger partial charge in [0, 0.05) is 43.5 Å². The minimum Gasteiger partial charge on any atom is -0.454 e. The fourth-order valence-corrected chi connectivity index (χ4v) is 4.31. The Bertz CT molecular complexity index is 1010. The average Bonchev–Trinajstić information content (AvgIpc) is 3.53. The molecule has 0 radical (unpaired) electrons. The molecule has 1 saturated heterocycles. The number of hydrogen-bond donors (Lipinski definition) is 0. The van der Waals surface area contributed by atoms with E-state index in [-0.39, 0.29) is 12.7 Å². The van der Waals surface area contributed by atoms with E-state index in [4.69, 9.17) is 14.0 Å². The minimum atomic E-state index is 0.185. The van der Waals surface area contributed by atoms with Gasteiger partial charge in [-0.05, 0) is 35.6 Å². The van der Waals surface area contributed by atoms with E-state index in [0.717, 1.165) is 35.7 Å². The SMILES string of the molecule is O=C(CCc1ccc2c(c1)OCO2)N1CCN(Cc2nc(-c3ccsc3)no2)CC1. The summed E-state index contributed by atoms with van der Waals surface area (Å²) < 4.78 is 16.1. The first-order chi connectivity index (χ1) is 14.7. The van der Waals surface area contributed by atoms with Gasteiger partial charge in [0.25, 0.3) is 0 Å². The summed E-state index contributed by atoms with van der Waals surface area (Å²) >= 11 is 1.61. The number of amides is 1. The van der Waals surface area contributed by atoms with E-state index < -0.39 is 0 Å². The van der Waals surface area contributed by atoms with Crippen molar-refractivity contribution < 1.29 is 18.8 Å². The van der Waals surface area contributed by atoms with Crippen LogP contribution >= 0.6 is 11.3 Å². The fourth-order valence-electron chi connectivity index (χ4n) is 3.68. The number of rotatable bonds is 6. The van der Waals surface area contributed by atoms with E-state index in [2.05, 4.69) is 15.0 Å². The number of ether oxygens (including phenoxy) is 2. The van der Waals surface area contributed by atoms with Gasteiger partial charge in [-0.1, -0.05) is 11.2 Å². The molecule has 30 heavy (non-hydrogen) atoms. The number of aromatic nitrogens is 2. The lowest BCUT2D eigenvalue weighted by Crippen LogP contribution is -2.48. The number of fused-ring (bicyclic) bond motifs is 1. The first kappa shape index (κ1) is 19.1. The Morgan fingerprint density at radius 3 is 2.80 bits per heavy atom. The highest BCUT2D eigenvalue weighted by atomic mass is 32.1. The summed E-state index contributed by atoms with van der Waals surface area (Å²) in [6, 6.07) is 7.84. The Labute approximate surface area is 178 Å². The largest absolute Gasteiger partial charge is 0.454 e. The molecule has 0 spiro atoms. The summed E-state index contributed by atoms with van der Waals surface area (Å²) in [6.45, 7) is 3.89. The molecular formula is C21H22N4O4S. The average molecular weight is 426 g/mol. The molecule has 0 unspecified atom stereocenters. The molecule has 3 aromatic rings. The van der Waals surface area contributed by atoms with E-state index in [9.17, 15) is 4.79 Å². The van der Waals surface area contributed by atoms with Crippen LogP contribution in [0.3, 0.4) is 0 Å². The predicted octanol–water partition coefficient (Wildman–Crippen LogP) is 2.80. The van der Waals surface area contributed by atoms with Crippen molar-refractivity contribution in [2.75, 3.05) is 33.0 Å². The van der Waals surface area contributed by atoms with Crippen LogP contribution in [0.2, 0.25) is 0 Å². The number of aryl methyl sites for hydroxylation is 1. The number of hydrogen-bond acceptors (Lipinski definition) is 8. The zero-order valence-electron chi connectivity index (χ0n) is 16.5. The number of nitrogens with zero attached hydrogens (tertiary/aromatic N) is 4. The maximum absolute atomic E-state index is 12.6. The summed E-state index contributed by atoms with van der Waals surface area (Å²) in [7, 11) is 0. The van der Waals surface area contributed by atoms with E-state index in [1.54, 1.807) is 11.3 Å². The standard InChI is InChI=1S/C21H22N4O4S/c26-20(4-2-15-1-3-17-18(11-15)28-14-27-17)25-8-6-24(7-9-25)12-19-22-21(23-29-19)16-5-10-30-13-16/h1,3,5,10-11,13H,2,4,6-9,12,14H2. The fraction of sp³-hybridized carbons (Fsp3) is 0.381. The Morgan fingerprint density at radius 1 is 1.10 bits per heavy atom. The molecule has 5 rings (SSSR count). The van der Waals surface area contributed by atoms with E-state index in [1.807, 2.05) is 39.9 Å². The number of carbonyl (C=O) groups excluding carboxylic acids is 1. The van der Waals surface area contributed by atoms with Crippen molar-refractivity contribution in [1.29, 1.82) is 0 Å². The van der Waals surface area contributed by atoms with E-state index in [0.29, 0.717) is 44.2 Å². The molecular weight excluding hydrogens is 404 g/mol. The van der Waals surface area contributed by atoms with Gasteiger partial charge in [0.15, 0.2) is 11.5 Å². The number of benzene rings is 1. The second-order valence-corrected chi connectivity index (χ2v) is 8.15. The smallest absolute Gasteiger partial charge is 0.241 e. The van der Waals surface area contributed by atoms with Crippen LogP contribution < -0.4 is 9.47 Å². The molecule has 1 amide bonds. The van der Waals surface area contributed by atoms with Crippen molar-refractivity contribution in [3.8, 4) is 22.9 Å². The van der Waals surface area contributed by atoms with Crippen molar-refractivity contribution >= 4 is 17.2 Å². The maximum Gasteiger partial charge on any atom is 0.241 e. The number of thiophene rings is 1. The van der Waals surface area contributed by atoms with Crippen LogP contribution in [-0.2, 0) is 17.8 Å². The van der Waals surface area contributed by atoms with Gasteiger partial charge < -0.3 is 18.9 Å². The summed E-state index contributed by atoms with van der Waals surface area (Å²) in [5, 5.41) is 8.05. The molecule has 2 aliphatic heterocycles. The van der Waals surface area contributed by atoms with Gasteiger partial charge in [0.05, 0.1) is 6.54 Å². The van der Waals surface area contributed by atoms with Crippen molar-refractivity contribution in [1.82, 2.24) is 19.9 Å². The Kier molecular flexibility index (Phi) is 5.37. The third kappa shape index (κ3) is 4.17. The highest BCUT2D eigenvalue weighted by Crippen LogP contribution is 2.32. The zero-order valence-corrected chi connectivity index (χ0v) is 17.3. The van der Waals surface area contributed by atoms with Crippen molar-refractivity contribution in [3.63, 3.8) is 0 Å². The molecule has 4 heterocycles. The Balaban J connectivity index is 1.08. The highest BCUT2D eigenvalue weighted by Gasteiger charge is 2.23.